The summed E-state index contributed by atoms with van der Waals surface area (Å²) >= 11 is 0. The monoisotopic (exact) mass is 306 g/mol. The summed E-state index contributed by atoms with van der Waals surface area (Å²) in [4.78, 5) is 3.92. The quantitative estimate of drug-likeness (QED) is 0.907. The number of rotatable bonds is 4. The number of aromatic nitrogens is 1. The molecule has 1 aromatic carbocycles. The average Bonchev–Trinajstić information content (AvgIpc) is 2.42. The van der Waals surface area contributed by atoms with Gasteiger partial charge < -0.3 is 10.4 Å². The third-order valence-electron chi connectivity index (χ3n) is 3.16. The molecule has 112 valence electrons. The first-order chi connectivity index (χ1) is 9.77. The van der Waals surface area contributed by atoms with E-state index in [0.29, 0.717) is 12.3 Å². The molecule has 0 aliphatic carbocycles. The number of nitrogens with zero attached hydrogens (tertiary/aromatic N) is 1. The first-order valence-corrected chi connectivity index (χ1v) is 8.35. The van der Waals surface area contributed by atoms with Crippen LogP contribution >= 0.6 is 0 Å². The lowest BCUT2D eigenvalue weighted by molar-refractivity contribution is 0.466. The highest BCUT2D eigenvalue weighted by molar-refractivity contribution is 7.90. The predicted molar refractivity (Wildman–Crippen MR) is 82.3 cm³/mol. The largest absolute Gasteiger partial charge is 0.507 e. The fraction of sp³-hybridized carbons (Fsp3) is 0.267. The number of phenolic OH excluding ortho intramolecular Hbond substituents is 1. The molecule has 0 unspecified atom stereocenters. The number of sulfone groups is 1. The number of aromatic hydroxyl groups is 1. The highest BCUT2D eigenvalue weighted by Crippen LogP contribution is 2.23. The Kier molecular flexibility index (Phi) is 4.18. The summed E-state index contributed by atoms with van der Waals surface area (Å²) in [5.74, 6) is 0.318. The molecule has 0 spiro atoms. The van der Waals surface area contributed by atoms with Crippen LogP contribution < -0.4 is 5.32 Å². The standard InChI is InChI=1S/C15H18N2O3S/c1-10-6-12(7-11(2)15(10)18)8-16-13-4-5-14(17-9-13)21(3,19)20/h4-7,9,16,18H,8H2,1-3H3. The molecule has 6 heteroatoms. The van der Waals surface area contributed by atoms with Crippen LogP contribution in [0.25, 0.3) is 0 Å². The predicted octanol–water partition coefficient (Wildman–Crippen LogP) is 2.42. The van der Waals surface area contributed by atoms with E-state index >= 15 is 0 Å². The molecule has 0 radical (unpaired) electrons. The highest BCUT2D eigenvalue weighted by atomic mass is 32.2. The molecule has 0 aliphatic heterocycles. The van der Waals surface area contributed by atoms with Gasteiger partial charge in [-0.1, -0.05) is 12.1 Å². The zero-order valence-corrected chi connectivity index (χ0v) is 13.0. The molecule has 5 nitrogen and oxygen atoms in total. The Morgan fingerprint density at radius 3 is 2.29 bits per heavy atom. The zero-order chi connectivity index (χ0) is 15.6. The highest BCUT2D eigenvalue weighted by Gasteiger charge is 2.08. The number of aryl methyl sites for hydroxylation is 2. The van der Waals surface area contributed by atoms with Crippen LogP contribution in [0.3, 0.4) is 0 Å². The molecule has 2 N–H and O–H groups in total. The third kappa shape index (κ3) is 3.72. The van der Waals surface area contributed by atoms with Crippen LogP contribution in [-0.4, -0.2) is 24.8 Å². The minimum Gasteiger partial charge on any atom is -0.507 e. The van der Waals surface area contributed by atoms with E-state index in [1.165, 1.54) is 12.3 Å². The van der Waals surface area contributed by atoms with Crippen molar-refractivity contribution in [2.45, 2.75) is 25.4 Å². The lowest BCUT2D eigenvalue weighted by atomic mass is 10.1. The van der Waals surface area contributed by atoms with E-state index in [1.807, 2.05) is 26.0 Å². The van der Waals surface area contributed by atoms with E-state index in [-0.39, 0.29) is 5.03 Å². The second-order valence-electron chi connectivity index (χ2n) is 5.09. The Bertz CT molecular complexity index is 730. The molecule has 0 fully saturated rings. The van der Waals surface area contributed by atoms with E-state index < -0.39 is 9.84 Å². The fourth-order valence-electron chi connectivity index (χ4n) is 2.06. The maximum Gasteiger partial charge on any atom is 0.192 e. The molecular formula is C15H18N2O3S. The van der Waals surface area contributed by atoms with E-state index in [1.54, 1.807) is 6.07 Å². The van der Waals surface area contributed by atoms with E-state index in [9.17, 15) is 13.5 Å². The smallest absolute Gasteiger partial charge is 0.192 e. The van der Waals surface area contributed by atoms with Gasteiger partial charge in [-0.05, 0) is 42.7 Å². The zero-order valence-electron chi connectivity index (χ0n) is 12.2. The van der Waals surface area contributed by atoms with Crippen molar-refractivity contribution in [3.63, 3.8) is 0 Å². The second-order valence-corrected chi connectivity index (χ2v) is 7.05. The SMILES string of the molecule is Cc1cc(CNc2ccc(S(C)(=O)=O)nc2)cc(C)c1O. The molecule has 0 saturated heterocycles. The topological polar surface area (TPSA) is 79.3 Å². The second kappa shape index (κ2) is 5.73. The number of phenols is 1. The minimum atomic E-state index is -3.27. The lowest BCUT2D eigenvalue weighted by Crippen LogP contribution is -2.03. The van der Waals surface area contributed by atoms with Crippen LogP contribution in [0.1, 0.15) is 16.7 Å². The van der Waals surface area contributed by atoms with E-state index in [4.69, 9.17) is 0 Å². The summed E-state index contributed by atoms with van der Waals surface area (Å²) < 4.78 is 22.6. The molecule has 0 amide bonds. The van der Waals surface area contributed by atoms with Gasteiger partial charge in [0.05, 0.1) is 11.9 Å². The Balaban J connectivity index is 2.10. The molecule has 2 aromatic rings. The molecule has 21 heavy (non-hydrogen) atoms. The lowest BCUT2D eigenvalue weighted by Gasteiger charge is -2.10. The van der Waals surface area contributed by atoms with Gasteiger partial charge in [0.1, 0.15) is 5.75 Å². The van der Waals surface area contributed by atoms with Gasteiger partial charge in [0.15, 0.2) is 14.9 Å². The molecule has 1 aromatic heterocycles. The van der Waals surface area contributed by atoms with Crippen LogP contribution in [0.2, 0.25) is 0 Å². The summed E-state index contributed by atoms with van der Waals surface area (Å²) in [5.41, 5.74) is 3.44. The molecule has 0 aliphatic rings. The molecule has 0 atom stereocenters. The maximum atomic E-state index is 11.3. The number of benzene rings is 1. The number of nitrogens with one attached hydrogen (secondary N) is 1. The van der Waals surface area contributed by atoms with Gasteiger partial charge in [-0.3, -0.25) is 0 Å². The molecule has 1 heterocycles. The van der Waals surface area contributed by atoms with Gasteiger partial charge in [0.25, 0.3) is 0 Å². The first-order valence-electron chi connectivity index (χ1n) is 6.46. The summed E-state index contributed by atoms with van der Waals surface area (Å²) in [6, 6.07) is 6.98. The van der Waals surface area contributed by atoms with Crippen LogP contribution in [0, 0.1) is 13.8 Å². The minimum absolute atomic E-state index is 0.0596. The summed E-state index contributed by atoms with van der Waals surface area (Å²) in [6.45, 7) is 4.28. The van der Waals surface area contributed by atoms with Crippen molar-refractivity contribution in [3.05, 3.63) is 47.2 Å². The van der Waals surface area contributed by atoms with Gasteiger partial charge in [-0.2, -0.15) is 0 Å². The van der Waals surface area contributed by atoms with Crippen LogP contribution in [0.5, 0.6) is 5.75 Å². The molecule has 0 bridgehead atoms. The van der Waals surface area contributed by atoms with Gasteiger partial charge in [0.2, 0.25) is 0 Å². The van der Waals surface area contributed by atoms with Crippen LogP contribution in [0.15, 0.2) is 35.5 Å². The summed E-state index contributed by atoms with van der Waals surface area (Å²) in [6.07, 6.45) is 2.63. The van der Waals surface area contributed by atoms with Gasteiger partial charge in [-0.25, -0.2) is 13.4 Å². The first kappa shape index (κ1) is 15.3. The Labute approximate surface area is 124 Å². The normalized spacial score (nSPS) is 11.4. The van der Waals surface area contributed by atoms with Crippen LogP contribution in [0.4, 0.5) is 5.69 Å². The van der Waals surface area contributed by atoms with E-state index in [0.717, 1.165) is 28.6 Å². The third-order valence-corrected chi connectivity index (χ3v) is 4.17. The van der Waals surface area contributed by atoms with Crippen molar-refractivity contribution in [1.29, 1.82) is 0 Å². The van der Waals surface area contributed by atoms with Crippen molar-refractivity contribution in [2.24, 2.45) is 0 Å². The number of hydrogen-bond acceptors (Lipinski definition) is 5. The fourth-order valence-corrected chi connectivity index (χ4v) is 2.62. The van der Waals surface area contributed by atoms with Crippen LogP contribution in [-0.2, 0) is 16.4 Å². The van der Waals surface area contributed by atoms with Crippen molar-refractivity contribution >= 4 is 15.5 Å². The van der Waals surface area contributed by atoms with Gasteiger partial charge in [-0.15, -0.1) is 0 Å². The summed E-state index contributed by atoms with van der Waals surface area (Å²) in [5, 5.41) is 13.0. The number of anilines is 1. The Morgan fingerprint density at radius 2 is 1.81 bits per heavy atom. The molecular weight excluding hydrogens is 288 g/mol. The number of hydrogen-bond donors (Lipinski definition) is 2. The summed E-state index contributed by atoms with van der Waals surface area (Å²) in [7, 11) is -3.27. The van der Waals surface area contributed by atoms with E-state index in [2.05, 4.69) is 10.3 Å². The van der Waals surface area contributed by atoms with Gasteiger partial charge in [0, 0.05) is 12.8 Å². The average molecular weight is 306 g/mol. The molecule has 2 rings (SSSR count). The van der Waals surface area contributed by atoms with Crippen molar-refractivity contribution < 1.29 is 13.5 Å². The van der Waals surface area contributed by atoms with Crippen molar-refractivity contribution in [3.8, 4) is 5.75 Å². The maximum absolute atomic E-state index is 11.3. The van der Waals surface area contributed by atoms with Crippen molar-refractivity contribution in [2.75, 3.05) is 11.6 Å². The Hall–Kier alpha value is -2.08. The van der Waals surface area contributed by atoms with Gasteiger partial charge >= 0.3 is 0 Å². The molecule has 0 saturated carbocycles. The van der Waals surface area contributed by atoms with Crippen molar-refractivity contribution in [1.82, 2.24) is 4.98 Å². The number of pyridine rings is 1. The Morgan fingerprint density at radius 1 is 1.19 bits per heavy atom.